The molecule has 144 valence electrons. The number of hydrogen-bond acceptors (Lipinski definition) is 4. The first kappa shape index (κ1) is 18.9. The number of Topliss-reactive ketones (excluding diaryl/α,β-unsaturated/α-hetero) is 2. The van der Waals surface area contributed by atoms with Gasteiger partial charge in [-0.05, 0) is 81.9 Å². The molecule has 30 heavy (non-hydrogen) atoms. The van der Waals surface area contributed by atoms with Gasteiger partial charge in [-0.25, -0.2) is 0 Å². The van der Waals surface area contributed by atoms with Crippen molar-refractivity contribution >= 4 is 36.8 Å². The molecular weight excluding hydrogens is 408 g/mol. The summed E-state index contributed by atoms with van der Waals surface area (Å²) in [6, 6.07) is 27.0. The SMILES string of the molecule is O=C1C(=O)c2ccc(-c3ccc(S)cc3)cc2-c2cc(-c3ccc(S)cc3)ccc21. The molecule has 0 spiro atoms. The Kier molecular flexibility index (Phi) is 4.61. The van der Waals surface area contributed by atoms with E-state index in [2.05, 4.69) is 25.3 Å². The quantitative estimate of drug-likeness (QED) is 0.279. The molecule has 1 aliphatic rings. The van der Waals surface area contributed by atoms with E-state index in [0.717, 1.165) is 43.2 Å². The molecule has 0 aromatic heterocycles. The lowest BCUT2D eigenvalue weighted by Gasteiger charge is -2.20. The number of benzene rings is 4. The van der Waals surface area contributed by atoms with Crippen LogP contribution in [0.5, 0.6) is 0 Å². The average Bonchev–Trinajstić information content (AvgIpc) is 2.78. The molecule has 4 aromatic rings. The molecule has 0 saturated carbocycles. The molecule has 0 aliphatic heterocycles. The van der Waals surface area contributed by atoms with Gasteiger partial charge in [0.1, 0.15) is 0 Å². The molecule has 0 heterocycles. The standard InChI is InChI=1S/C26H16O2S2/c27-25-21-11-5-17(15-1-7-19(29)8-2-15)13-23(21)24-14-18(6-12-22(24)26(25)28)16-3-9-20(30)10-4-16/h1-14,29-30H. The molecule has 4 aromatic carbocycles. The number of fused-ring (bicyclic) bond motifs is 3. The third-order valence-electron chi connectivity index (χ3n) is 5.43. The minimum absolute atomic E-state index is 0.449. The van der Waals surface area contributed by atoms with Gasteiger partial charge in [-0.15, -0.1) is 25.3 Å². The van der Waals surface area contributed by atoms with E-state index in [0.29, 0.717) is 11.1 Å². The second-order valence-corrected chi connectivity index (χ2v) is 8.31. The Bertz CT molecular complexity index is 1220. The van der Waals surface area contributed by atoms with Crippen molar-refractivity contribution in [3.63, 3.8) is 0 Å². The number of thiol groups is 2. The molecule has 0 saturated heterocycles. The smallest absolute Gasteiger partial charge is 0.234 e. The fourth-order valence-corrected chi connectivity index (χ4v) is 4.14. The molecule has 1 aliphatic carbocycles. The topological polar surface area (TPSA) is 34.1 Å². The molecular formula is C26H16O2S2. The van der Waals surface area contributed by atoms with Crippen molar-refractivity contribution in [1.82, 2.24) is 0 Å². The summed E-state index contributed by atoms with van der Waals surface area (Å²) in [5.74, 6) is -0.913. The van der Waals surface area contributed by atoms with Gasteiger partial charge in [-0.3, -0.25) is 9.59 Å². The molecule has 0 unspecified atom stereocenters. The lowest BCUT2D eigenvalue weighted by atomic mass is 9.81. The van der Waals surface area contributed by atoms with Crippen LogP contribution in [0.25, 0.3) is 33.4 Å². The second-order valence-electron chi connectivity index (χ2n) is 7.27. The Morgan fingerprint density at radius 3 is 1.10 bits per heavy atom. The Hall–Kier alpha value is -3.08. The van der Waals surface area contributed by atoms with E-state index in [1.807, 2.05) is 72.8 Å². The zero-order valence-corrected chi connectivity index (χ0v) is 17.6. The molecule has 0 radical (unpaired) electrons. The Labute approximate surface area is 185 Å². The third kappa shape index (κ3) is 3.18. The number of rotatable bonds is 2. The first-order valence-corrected chi connectivity index (χ1v) is 10.4. The summed E-state index contributed by atoms with van der Waals surface area (Å²) in [5.41, 5.74) is 6.50. The Morgan fingerprint density at radius 1 is 0.400 bits per heavy atom. The minimum Gasteiger partial charge on any atom is -0.285 e. The summed E-state index contributed by atoms with van der Waals surface area (Å²) < 4.78 is 0. The van der Waals surface area contributed by atoms with Gasteiger partial charge in [-0.1, -0.05) is 36.4 Å². The van der Waals surface area contributed by atoms with Crippen LogP contribution in [0.2, 0.25) is 0 Å². The first-order chi connectivity index (χ1) is 14.5. The van der Waals surface area contributed by atoms with Crippen LogP contribution in [0.1, 0.15) is 20.7 Å². The van der Waals surface area contributed by atoms with E-state index in [9.17, 15) is 9.59 Å². The highest BCUT2D eigenvalue weighted by Gasteiger charge is 2.30. The first-order valence-electron chi connectivity index (χ1n) is 9.47. The van der Waals surface area contributed by atoms with Crippen molar-refractivity contribution in [3.8, 4) is 33.4 Å². The van der Waals surface area contributed by atoms with E-state index in [-0.39, 0.29) is 0 Å². The predicted octanol–water partition coefficient (Wildman–Crippen LogP) is 6.64. The number of ketones is 2. The molecule has 0 fully saturated rings. The van der Waals surface area contributed by atoms with Gasteiger partial charge in [0.25, 0.3) is 0 Å². The van der Waals surface area contributed by atoms with Crippen molar-refractivity contribution < 1.29 is 9.59 Å². The summed E-state index contributed by atoms with van der Waals surface area (Å²) >= 11 is 8.69. The molecule has 5 rings (SSSR count). The summed E-state index contributed by atoms with van der Waals surface area (Å²) in [7, 11) is 0. The van der Waals surface area contributed by atoms with Crippen molar-refractivity contribution in [2.45, 2.75) is 9.79 Å². The molecule has 0 N–H and O–H groups in total. The van der Waals surface area contributed by atoms with Crippen LogP contribution in [0.15, 0.2) is 94.7 Å². The largest absolute Gasteiger partial charge is 0.285 e. The predicted molar refractivity (Wildman–Crippen MR) is 126 cm³/mol. The van der Waals surface area contributed by atoms with Crippen molar-refractivity contribution in [2.75, 3.05) is 0 Å². The average molecular weight is 425 g/mol. The van der Waals surface area contributed by atoms with Crippen LogP contribution in [0.4, 0.5) is 0 Å². The highest BCUT2D eigenvalue weighted by Crippen LogP contribution is 2.38. The molecule has 0 amide bonds. The highest BCUT2D eigenvalue weighted by atomic mass is 32.1. The van der Waals surface area contributed by atoms with E-state index in [4.69, 9.17) is 0 Å². The van der Waals surface area contributed by atoms with Crippen molar-refractivity contribution in [2.24, 2.45) is 0 Å². The number of hydrogen-bond donors (Lipinski definition) is 2. The molecule has 4 heteroatoms. The zero-order valence-electron chi connectivity index (χ0n) is 15.8. The minimum atomic E-state index is -0.457. The summed E-state index contributed by atoms with van der Waals surface area (Å²) in [5, 5.41) is 0. The lowest BCUT2D eigenvalue weighted by Crippen LogP contribution is -2.21. The maximum Gasteiger partial charge on any atom is 0.234 e. The third-order valence-corrected chi connectivity index (χ3v) is 6.02. The second kappa shape index (κ2) is 7.31. The van der Waals surface area contributed by atoms with Gasteiger partial charge in [0.2, 0.25) is 11.6 Å². The van der Waals surface area contributed by atoms with Crippen molar-refractivity contribution in [3.05, 3.63) is 96.1 Å². The maximum absolute atomic E-state index is 12.7. The molecule has 0 atom stereocenters. The van der Waals surface area contributed by atoms with Crippen LogP contribution in [0, 0.1) is 0 Å². The van der Waals surface area contributed by atoms with Gasteiger partial charge in [0.05, 0.1) is 0 Å². The fraction of sp³-hybridized carbons (Fsp3) is 0. The highest BCUT2D eigenvalue weighted by molar-refractivity contribution is 7.80. The van der Waals surface area contributed by atoms with Gasteiger partial charge < -0.3 is 0 Å². The lowest BCUT2D eigenvalue weighted by molar-refractivity contribution is 0.0815. The molecule has 2 nitrogen and oxygen atoms in total. The van der Waals surface area contributed by atoms with Gasteiger partial charge in [0.15, 0.2) is 0 Å². The van der Waals surface area contributed by atoms with Crippen LogP contribution >= 0.6 is 25.3 Å². The molecule has 0 bridgehead atoms. The zero-order chi connectivity index (χ0) is 20.8. The van der Waals surface area contributed by atoms with E-state index >= 15 is 0 Å². The van der Waals surface area contributed by atoms with E-state index < -0.39 is 11.6 Å². The summed E-state index contributed by atoms with van der Waals surface area (Å²) in [4.78, 5) is 27.2. The maximum atomic E-state index is 12.7. The van der Waals surface area contributed by atoms with Gasteiger partial charge >= 0.3 is 0 Å². The normalized spacial score (nSPS) is 12.5. The Morgan fingerprint density at radius 2 is 0.733 bits per heavy atom. The van der Waals surface area contributed by atoms with Crippen LogP contribution in [0.3, 0.4) is 0 Å². The fourth-order valence-electron chi connectivity index (χ4n) is 3.84. The van der Waals surface area contributed by atoms with Gasteiger partial charge in [-0.2, -0.15) is 0 Å². The van der Waals surface area contributed by atoms with Crippen LogP contribution < -0.4 is 0 Å². The number of carbonyl (C=O) groups is 2. The van der Waals surface area contributed by atoms with E-state index in [1.165, 1.54) is 0 Å². The summed E-state index contributed by atoms with van der Waals surface area (Å²) in [6.07, 6.45) is 0. The Balaban J connectivity index is 1.70. The van der Waals surface area contributed by atoms with Crippen LogP contribution in [-0.4, -0.2) is 11.6 Å². The van der Waals surface area contributed by atoms with Gasteiger partial charge in [0, 0.05) is 20.9 Å². The van der Waals surface area contributed by atoms with E-state index in [1.54, 1.807) is 12.1 Å². The van der Waals surface area contributed by atoms with Crippen LogP contribution in [-0.2, 0) is 0 Å². The number of carbonyl (C=O) groups excluding carboxylic acids is 2. The monoisotopic (exact) mass is 424 g/mol. The van der Waals surface area contributed by atoms with Crippen molar-refractivity contribution in [1.29, 1.82) is 0 Å². The summed E-state index contributed by atoms with van der Waals surface area (Å²) in [6.45, 7) is 0.